The van der Waals surface area contributed by atoms with Gasteiger partial charge in [-0.3, -0.25) is 4.79 Å². The van der Waals surface area contributed by atoms with Crippen molar-refractivity contribution in [2.24, 2.45) is 0 Å². The van der Waals surface area contributed by atoms with Gasteiger partial charge in [0.05, 0.1) is 12.4 Å². The molecule has 5 nitrogen and oxygen atoms in total. The highest BCUT2D eigenvalue weighted by atomic mass is 32.2. The van der Waals surface area contributed by atoms with Crippen molar-refractivity contribution >= 4 is 23.5 Å². The van der Waals surface area contributed by atoms with Crippen LogP contribution in [-0.2, 0) is 0 Å². The van der Waals surface area contributed by atoms with Crippen LogP contribution in [-0.4, -0.2) is 51.9 Å². The van der Waals surface area contributed by atoms with E-state index in [0.29, 0.717) is 11.5 Å². The molecule has 0 saturated carbocycles. The van der Waals surface area contributed by atoms with Crippen LogP contribution in [0.3, 0.4) is 0 Å². The van der Waals surface area contributed by atoms with Crippen molar-refractivity contribution in [3.63, 3.8) is 0 Å². The fourth-order valence-electron chi connectivity index (χ4n) is 1.82. The molecule has 0 bridgehead atoms. The first kappa shape index (κ1) is 13.1. The van der Waals surface area contributed by atoms with Crippen LogP contribution in [0.4, 0.5) is 5.82 Å². The maximum absolute atomic E-state index is 12.2. The number of carbonyl (C=O) groups excluding carboxylic acids is 1. The van der Waals surface area contributed by atoms with E-state index >= 15 is 0 Å². The second kappa shape index (κ2) is 6.58. The smallest absolute Gasteiger partial charge is 0.274 e. The van der Waals surface area contributed by atoms with Crippen LogP contribution < -0.4 is 5.32 Å². The molecular weight excluding hydrogens is 248 g/mol. The zero-order chi connectivity index (χ0) is 12.8. The molecule has 1 aromatic rings. The summed E-state index contributed by atoms with van der Waals surface area (Å²) in [6.45, 7) is 4.42. The van der Waals surface area contributed by atoms with Crippen molar-refractivity contribution in [1.29, 1.82) is 0 Å². The Morgan fingerprint density at radius 3 is 3.00 bits per heavy atom. The minimum absolute atomic E-state index is 0.00644. The minimum Gasteiger partial charge on any atom is -0.369 e. The summed E-state index contributed by atoms with van der Waals surface area (Å²) in [5.41, 5.74) is 0.434. The summed E-state index contributed by atoms with van der Waals surface area (Å²) in [6.07, 6.45) is 4.22. The number of hydrogen-bond acceptors (Lipinski definition) is 5. The average Bonchev–Trinajstić information content (AvgIpc) is 2.68. The van der Waals surface area contributed by atoms with Gasteiger partial charge in [0.1, 0.15) is 11.5 Å². The number of nitrogens with zero attached hydrogens (tertiary/aromatic N) is 3. The monoisotopic (exact) mass is 266 g/mol. The Morgan fingerprint density at radius 2 is 2.28 bits per heavy atom. The van der Waals surface area contributed by atoms with Crippen LogP contribution in [0.2, 0.25) is 0 Å². The van der Waals surface area contributed by atoms with Gasteiger partial charge in [-0.05, 0) is 19.1 Å². The Balaban J connectivity index is 2.02. The molecule has 18 heavy (non-hydrogen) atoms. The quantitative estimate of drug-likeness (QED) is 0.898. The van der Waals surface area contributed by atoms with E-state index in [1.807, 2.05) is 23.6 Å². The predicted octanol–water partition coefficient (Wildman–Crippen LogP) is 1.49. The number of carbonyl (C=O) groups is 1. The number of thioether (sulfide) groups is 1. The van der Waals surface area contributed by atoms with E-state index in [9.17, 15) is 4.79 Å². The van der Waals surface area contributed by atoms with Gasteiger partial charge in [0, 0.05) is 25.4 Å². The number of hydrogen-bond donors (Lipinski definition) is 1. The van der Waals surface area contributed by atoms with Gasteiger partial charge in [0.2, 0.25) is 0 Å². The highest BCUT2D eigenvalue weighted by molar-refractivity contribution is 7.99. The largest absolute Gasteiger partial charge is 0.369 e. The molecular formula is C12H18N4OS. The maximum atomic E-state index is 12.2. The van der Waals surface area contributed by atoms with E-state index in [-0.39, 0.29) is 5.91 Å². The molecule has 2 heterocycles. The fourth-order valence-corrected chi connectivity index (χ4v) is 2.71. The number of aromatic nitrogens is 2. The number of anilines is 1. The number of amides is 1. The van der Waals surface area contributed by atoms with Gasteiger partial charge in [-0.1, -0.05) is 0 Å². The van der Waals surface area contributed by atoms with Gasteiger partial charge in [0.25, 0.3) is 5.91 Å². The summed E-state index contributed by atoms with van der Waals surface area (Å²) in [6, 6.07) is 0. The maximum Gasteiger partial charge on any atom is 0.274 e. The van der Waals surface area contributed by atoms with Crippen molar-refractivity contribution in [3.05, 3.63) is 18.1 Å². The predicted molar refractivity (Wildman–Crippen MR) is 74.0 cm³/mol. The summed E-state index contributed by atoms with van der Waals surface area (Å²) < 4.78 is 0. The van der Waals surface area contributed by atoms with E-state index < -0.39 is 0 Å². The Bertz CT molecular complexity index is 388. The first-order valence-corrected chi connectivity index (χ1v) is 7.39. The van der Waals surface area contributed by atoms with E-state index in [4.69, 9.17) is 0 Å². The lowest BCUT2D eigenvalue weighted by Crippen LogP contribution is -2.33. The average molecular weight is 266 g/mol. The number of nitrogens with one attached hydrogen (secondary N) is 1. The summed E-state index contributed by atoms with van der Waals surface area (Å²) in [7, 11) is 0. The van der Waals surface area contributed by atoms with Crippen LogP contribution in [0.25, 0.3) is 0 Å². The molecule has 1 aromatic heterocycles. The zero-order valence-electron chi connectivity index (χ0n) is 10.6. The molecule has 1 aliphatic heterocycles. The van der Waals surface area contributed by atoms with Crippen LogP contribution in [0.1, 0.15) is 23.8 Å². The summed E-state index contributed by atoms with van der Waals surface area (Å²) in [5, 5.41) is 3.06. The molecule has 1 aliphatic rings. The fraction of sp³-hybridized carbons (Fsp3) is 0.583. The van der Waals surface area contributed by atoms with E-state index in [1.54, 1.807) is 12.4 Å². The van der Waals surface area contributed by atoms with E-state index in [1.165, 1.54) is 0 Å². The third kappa shape index (κ3) is 3.35. The third-order valence-corrected chi connectivity index (χ3v) is 3.79. The molecule has 0 radical (unpaired) electrons. The first-order chi connectivity index (χ1) is 8.81. The van der Waals surface area contributed by atoms with Gasteiger partial charge in [-0.25, -0.2) is 9.97 Å². The second-order valence-corrected chi connectivity index (χ2v) is 5.30. The molecule has 0 aliphatic carbocycles. The van der Waals surface area contributed by atoms with Crippen molar-refractivity contribution in [2.45, 2.75) is 13.3 Å². The van der Waals surface area contributed by atoms with Crippen LogP contribution >= 0.6 is 11.8 Å². The highest BCUT2D eigenvalue weighted by Crippen LogP contribution is 2.12. The van der Waals surface area contributed by atoms with Crippen LogP contribution in [0.5, 0.6) is 0 Å². The molecule has 1 amide bonds. The van der Waals surface area contributed by atoms with Crippen molar-refractivity contribution in [2.75, 3.05) is 36.5 Å². The lowest BCUT2D eigenvalue weighted by molar-refractivity contribution is 0.0762. The molecule has 98 valence electrons. The van der Waals surface area contributed by atoms with Gasteiger partial charge < -0.3 is 10.2 Å². The van der Waals surface area contributed by atoms with Gasteiger partial charge in [0.15, 0.2) is 0 Å². The van der Waals surface area contributed by atoms with Crippen molar-refractivity contribution < 1.29 is 4.79 Å². The third-order valence-electron chi connectivity index (χ3n) is 2.74. The molecule has 1 saturated heterocycles. The molecule has 1 N–H and O–H groups in total. The van der Waals surface area contributed by atoms with Gasteiger partial charge in [-0.15, -0.1) is 0 Å². The lowest BCUT2D eigenvalue weighted by Gasteiger charge is -2.19. The topological polar surface area (TPSA) is 58.1 Å². The summed E-state index contributed by atoms with van der Waals surface area (Å²) in [5.74, 6) is 2.84. The van der Waals surface area contributed by atoms with Crippen LogP contribution in [0.15, 0.2) is 12.4 Å². The van der Waals surface area contributed by atoms with E-state index in [0.717, 1.165) is 37.6 Å². The zero-order valence-corrected chi connectivity index (χ0v) is 11.4. The van der Waals surface area contributed by atoms with Crippen LogP contribution in [0, 0.1) is 0 Å². The highest BCUT2D eigenvalue weighted by Gasteiger charge is 2.18. The van der Waals surface area contributed by atoms with Gasteiger partial charge in [-0.2, -0.15) is 11.8 Å². The minimum atomic E-state index is -0.00644. The molecule has 6 heteroatoms. The molecule has 0 unspecified atom stereocenters. The van der Waals surface area contributed by atoms with E-state index in [2.05, 4.69) is 15.3 Å². The standard InChI is InChI=1S/C12H18N4OS/c1-2-13-11-9-14-10(8-15-11)12(17)16-4-3-6-18-7-5-16/h8-9H,2-7H2,1H3,(H,13,15). The summed E-state index contributed by atoms with van der Waals surface area (Å²) in [4.78, 5) is 22.4. The van der Waals surface area contributed by atoms with Gasteiger partial charge >= 0.3 is 0 Å². The first-order valence-electron chi connectivity index (χ1n) is 6.24. The molecule has 0 spiro atoms. The molecule has 2 rings (SSSR count). The summed E-state index contributed by atoms with van der Waals surface area (Å²) >= 11 is 1.90. The number of rotatable bonds is 3. The Kier molecular flexibility index (Phi) is 4.81. The molecule has 1 fully saturated rings. The lowest BCUT2D eigenvalue weighted by atomic mass is 10.3. The molecule has 0 aromatic carbocycles. The Hall–Kier alpha value is -1.30. The Labute approximate surface area is 111 Å². The SMILES string of the molecule is CCNc1cnc(C(=O)N2CCCSCC2)cn1. The molecule has 0 atom stereocenters. The Morgan fingerprint density at radius 1 is 1.39 bits per heavy atom. The second-order valence-electron chi connectivity index (χ2n) is 4.08. The normalized spacial score (nSPS) is 16.2. The van der Waals surface area contributed by atoms with Crippen molar-refractivity contribution in [3.8, 4) is 0 Å². The van der Waals surface area contributed by atoms with Crippen molar-refractivity contribution in [1.82, 2.24) is 14.9 Å².